The van der Waals surface area contributed by atoms with Crippen LogP contribution in [0.2, 0.25) is 0 Å². The Balaban J connectivity index is 2.98. The molecule has 0 saturated carbocycles. The molecule has 0 heterocycles. The van der Waals surface area contributed by atoms with Crippen LogP contribution in [0.4, 0.5) is 0 Å². The molecule has 0 radical (unpaired) electrons. The predicted molar refractivity (Wildman–Crippen MR) is 68.8 cm³/mol. The van der Waals surface area contributed by atoms with Crippen LogP contribution in [0.5, 0.6) is 5.75 Å². The van der Waals surface area contributed by atoms with E-state index in [9.17, 15) is 9.90 Å². The van der Waals surface area contributed by atoms with Crippen LogP contribution in [0, 0.1) is 6.92 Å². The molecular formula is C14H20O4. The summed E-state index contributed by atoms with van der Waals surface area (Å²) in [6, 6.07) is 5.36. The van der Waals surface area contributed by atoms with Crippen molar-refractivity contribution in [3.05, 3.63) is 29.3 Å². The molecule has 0 saturated heterocycles. The molecule has 4 heteroatoms. The first-order valence-electron chi connectivity index (χ1n) is 6.13. The lowest BCUT2D eigenvalue weighted by atomic mass is 10.1. The normalized spacial score (nSPS) is 14.0. The van der Waals surface area contributed by atoms with Gasteiger partial charge in [0.1, 0.15) is 5.75 Å². The fourth-order valence-corrected chi connectivity index (χ4v) is 1.75. The number of aliphatic carboxylic acids is 1. The molecule has 0 aliphatic carbocycles. The van der Waals surface area contributed by atoms with Crippen LogP contribution in [-0.4, -0.2) is 22.3 Å². The number of carboxylic acid groups (broad SMARTS) is 1. The number of aliphatic hydroxyl groups is 1. The van der Waals surface area contributed by atoms with Gasteiger partial charge < -0.3 is 14.9 Å². The van der Waals surface area contributed by atoms with Gasteiger partial charge in [0.2, 0.25) is 0 Å². The maximum absolute atomic E-state index is 11.1. The minimum absolute atomic E-state index is 0.441. The second-order valence-corrected chi connectivity index (χ2v) is 4.45. The van der Waals surface area contributed by atoms with Crippen molar-refractivity contribution in [3.63, 3.8) is 0 Å². The van der Waals surface area contributed by atoms with Crippen LogP contribution in [-0.2, 0) is 4.79 Å². The van der Waals surface area contributed by atoms with E-state index in [0.717, 1.165) is 12.0 Å². The number of aryl methyl sites for hydroxylation is 1. The standard InChI is InChI=1S/C14H20O4/c1-4-5-13(14(16)17)18-12-7-6-9(2)8-11(12)10(3)15/h6-8,10,13,15H,4-5H2,1-3H3,(H,16,17). The Kier molecular flexibility index (Phi) is 5.16. The van der Waals surface area contributed by atoms with E-state index in [1.165, 1.54) is 0 Å². The van der Waals surface area contributed by atoms with Gasteiger partial charge in [-0.1, -0.05) is 25.0 Å². The molecule has 2 unspecified atom stereocenters. The van der Waals surface area contributed by atoms with Gasteiger partial charge in [0.25, 0.3) is 0 Å². The fourth-order valence-electron chi connectivity index (χ4n) is 1.75. The molecule has 0 aliphatic rings. The second-order valence-electron chi connectivity index (χ2n) is 4.45. The molecule has 1 rings (SSSR count). The van der Waals surface area contributed by atoms with Gasteiger partial charge >= 0.3 is 5.97 Å². The van der Waals surface area contributed by atoms with Gasteiger partial charge in [-0.15, -0.1) is 0 Å². The highest BCUT2D eigenvalue weighted by Gasteiger charge is 2.20. The van der Waals surface area contributed by atoms with Gasteiger partial charge in [0.05, 0.1) is 6.10 Å². The van der Waals surface area contributed by atoms with Crippen LogP contribution in [0.15, 0.2) is 18.2 Å². The Morgan fingerprint density at radius 1 is 1.44 bits per heavy atom. The van der Waals surface area contributed by atoms with Crippen molar-refractivity contribution in [1.82, 2.24) is 0 Å². The summed E-state index contributed by atoms with van der Waals surface area (Å²) in [5, 5.41) is 18.7. The Morgan fingerprint density at radius 2 is 2.11 bits per heavy atom. The first-order valence-corrected chi connectivity index (χ1v) is 6.13. The topological polar surface area (TPSA) is 66.8 Å². The first kappa shape index (κ1) is 14.5. The van der Waals surface area contributed by atoms with E-state index in [-0.39, 0.29) is 0 Å². The van der Waals surface area contributed by atoms with Crippen LogP contribution in [0.3, 0.4) is 0 Å². The number of hydrogen-bond acceptors (Lipinski definition) is 3. The highest BCUT2D eigenvalue weighted by atomic mass is 16.5. The summed E-state index contributed by atoms with van der Waals surface area (Å²) in [5.41, 5.74) is 1.62. The van der Waals surface area contributed by atoms with Gasteiger partial charge in [0.15, 0.2) is 6.10 Å². The average Bonchev–Trinajstić information content (AvgIpc) is 2.30. The van der Waals surface area contributed by atoms with E-state index in [4.69, 9.17) is 9.84 Å². The maximum atomic E-state index is 11.1. The van der Waals surface area contributed by atoms with Crippen molar-refractivity contribution < 1.29 is 19.7 Å². The zero-order valence-electron chi connectivity index (χ0n) is 11.0. The van der Waals surface area contributed by atoms with E-state index in [1.807, 2.05) is 26.0 Å². The molecule has 0 aliphatic heterocycles. The second kappa shape index (κ2) is 6.40. The first-order chi connectivity index (χ1) is 8.45. The number of carbonyl (C=O) groups is 1. The number of aliphatic hydroxyl groups excluding tert-OH is 1. The smallest absolute Gasteiger partial charge is 0.344 e. The van der Waals surface area contributed by atoms with Crippen molar-refractivity contribution in [1.29, 1.82) is 0 Å². The SMILES string of the molecule is CCCC(Oc1ccc(C)cc1C(C)O)C(=O)O. The predicted octanol–water partition coefficient (Wildman–Crippen LogP) is 2.68. The monoisotopic (exact) mass is 252 g/mol. The molecule has 0 bridgehead atoms. The van der Waals surface area contributed by atoms with E-state index < -0.39 is 18.2 Å². The van der Waals surface area contributed by atoms with Crippen LogP contribution >= 0.6 is 0 Å². The third-order valence-corrected chi connectivity index (χ3v) is 2.71. The molecule has 0 amide bonds. The number of carboxylic acids is 1. The Labute approximate surface area is 107 Å². The molecule has 0 fully saturated rings. The molecular weight excluding hydrogens is 232 g/mol. The van der Waals surface area contributed by atoms with Crippen LogP contribution in [0.25, 0.3) is 0 Å². The number of ether oxygens (including phenoxy) is 1. The van der Waals surface area contributed by atoms with Gasteiger partial charge in [-0.25, -0.2) is 4.79 Å². The molecule has 0 spiro atoms. The third-order valence-electron chi connectivity index (χ3n) is 2.71. The molecule has 0 aromatic heterocycles. The van der Waals surface area contributed by atoms with Gasteiger partial charge in [-0.05, 0) is 32.4 Å². The summed E-state index contributed by atoms with van der Waals surface area (Å²) in [6.07, 6.45) is -0.374. The fraction of sp³-hybridized carbons (Fsp3) is 0.500. The van der Waals surface area contributed by atoms with Crippen LogP contribution < -0.4 is 4.74 Å². The Hall–Kier alpha value is -1.55. The Morgan fingerprint density at radius 3 is 2.61 bits per heavy atom. The van der Waals surface area contributed by atoms with Crippen molar-refractivity contribution in [2.75, 3.05) is 0 Å². The van der Waals surface area contributed by atoms with Crippen molar-refractivity contribution in [2.24, 2.45) is 0 Å². The lowest BCUT2D eigenvalue weighted by Gasteiger charge is -2.18. The Bertz CT molecular complexity index is 412. The van der Waals surface area contributed by atoms with Crippen LogP contribution in [0.1, 0.15) is 43.9 Å². The minimum Gasteiger partial charge on any atom is -0.479 e. The lowest BCUT2D eigenvalue weighted by Crippen LogP contribution is -2.27. The average molecular weight is 252 g/mol. The van der Waals surface area contributed by atoms with Crippen molar-refractivity contribution >= 4 is 5.97 Å². The zero-order valence-corrected chi connectivity index (χ0v) is 11.0. The third kappa shape index (κ3) is 3.74. The highest BCUT2D eigenvalue weighted by molar-refractivity contribution is 5.72. The molecule has 1 aromatic carbocycles. The molecule has 4 nitrogen and oxygen atoms in total. The van der Waals surface area contributed by atoms with Gasteiger partial charge in [-0.3, -0.25) is 0 Å². The number of hydrogen-bond donors (Lipinski definition) is 2. The summed E-state index contributed by atoms with van der Waals surface area (Å²) >= 11 is 0. The summed E-state index contributed by atoms with van der Waals surface area (Å²) in [4.78, 5) is 11.1. The van der Waals surface area contributed by atoms with E-state index in [1.54, 1.807) is 13.0 Å². The van der Waals surface area contributed by atoms with Gasteiger partial charge in [0, 0.05) is 5.56 Å². The largest absolute Gasteiger partial charge is 0.479 e. The lowest BCUT2D eigenvalue weighted by molar-refractivity contribution is -0.145. The van der Waals surface area contributed by atoms with E-state index in [0.29, 0.717) is 17.7 Å². The number of rotatable bonds is 6. The molecule has 1 aromatic rings. The summed E-state index contributed by atoms with van der Waals surface area (Å²) in [7, 11) is 0. The quantitative estimate of drug-likeness (QED) is 0.816. The summed E-state index contributed by atoms with van der Waals surface area (Å²) in [6.45, 7) is 5.46. The molecule has 18 heavy (non-hydrogen) atoms. The molecule has 2 N–H and O–H groups in total. The van der Waals surface area contributed by atoms with Crippen molar-refractivity contribution in [3.8, 4) is 5.75 Å². The number of benzene rings is 1. The zero-order chi connectivity index (χ0) is 13.7. The summed E-state index contributed by atoms with van der Waals surface area (Å²) in [5.74, 6) is -0.537. The summed E-state index contributed by atoms with van der Waals surface area (Å²) < 4.78 is 5.50. The molecule has 2 atom stereocenters. The van der Waals surface area contributed by atoms with Gasteiger partial charge in [-0.2, -0.15) is 0 Å². The minimum atomic E-state index is -0.978. The maximum Gasteiger partial charge on any atom is 0.344 e. The molecule has 100 valence electrons. The van der Waals surface area contributed by atoms with E-state index >= 15 is 0 Å². The van der Waals surface area contributed by atoms with E-state index in [2.05, 4.69) is 0 Å². The van der Waals surface area contributed by atoms with Crippen molar-refractivity contribution in [2.45, 2.75) is 45.8 Å². The highest BCUT2D eigenvalue weighted by Crippen LogP contribution is 2.27.